The Hall–Kier alpha value is -1.27. The highest BCUT2D eigenvalue weighted by atomic mass is 32.2. The number of nitro benzene ring substituents is 1. The van der Waals surface area contributed by atoms with E-state index >= 15 is 0 Å². The standard InChI is InChI=1S/C12H17NO4S/c1-9(2)17-11-6-10(13(15)16)7-12(8-11)18-5-3-4-14/h6-9,14H,3-5H2,1-2H3. The van der Waals surface area contributed by atoms with Gasteiger partial charge in [-0.15, -0.1) is 11.8 Å². The van der Waals surface area contributed by atoms with E-state index in [1.165, 1.54) is 23.9 Å². The molecule has 0 bridgehead atoms. The summed E-state index contributed by atoms with van der Waals surface area (Å²) in [6.45, 7) is 3.87. The van der Waals surface area contributed by atoms with E-state index in [0.29, 0.717) is 12.2 Å². The molecule has 1 aromatic carbocycles. The first-order valence-electron chi connectivity index (χ1n) is 5.72. The molecule has 0 saturated carbocycles. The topological polar surface area (TPSA) is 72.6 Å². The number of thioether (sulfide) groups is 1. The van der Waals surface area contributed by atoms with Crippen LogP contribution in [0.5, 0.6) is 5.75 Å². The molecule has 0 radical (unpaired) electrons. The van der Waals surface area contributed by atoms with Gasteiger partial charge in [-0.2, -0.15) is 0 Å². The molecule has 1 rings (SSSR count). The van der Waals surface area contributed by atoms with E-state index in [2.05, 4.69) is 0 Å². The van der Waals surface area contributed by atoms with Crippen molar-refractivity contribution in [2.24, 2.45) is 0 Å². The first kappa shape index (κ1) is 14.8. The molecular weight excluding hydrogens is 254 g/mol. The lowest BCUT2D eigenvalue weighted by Crippen LogP contribution is -2.06. The van der Waals surface area contributed by atoms with Crippen molar-refractivity contribution in [3.05, 3.63) is 28.3 Å². The van der Waals surface area contributed by atoms with Crippen LogP contribution < -0.4 is 4.74 Å². The van der Waals surface area contributed by atoms with Crippen LogP contribution in [0.2, 0.25) is 0 Å². The van der Waals surface area contributed by atoms with Crippen molar-refractivity contribution < 1.29 is 14.8 Å². The highest BCUT2D eigenvalue weighted by Crippen LogP contribution is 2.30. The predicted octanol–water partition coefficient (Wildman–Crippen LogP) is 2.86. The maximum absolute atomic E-state index is 10.8. The summed E-state index contributed by atoms with van der Waals surface area (Å²) in [5.41, 5.74) is 0.0275. The van der Waals surface area contributed by atoms with Gasteiger partial charge in [-0.1, -0.05) is 0 Å². The minimum absolute atomic E-state index is 0.0257. The number of nitro groups is 1. The SMILES string of the molecule is CC(C)Oc1cc(SCCCO)cc([N+](=O)[O-])c1. The Morgan fingerprint density at radius 3 is 2.72 bits per heavy atom. The maximum atomic E-state index is 10.8. The average molecular weight is 271 g/mol. The average Bonchev–Trinajstić information content (AvgIpc) is 2.28. The van der Waals surface area contributed by atoms with E-state index in [0.717, 1.165) is 10.6 Å². The van der Waals surface area contributed by atoms with Gasteiger partial charge in [-0.25, -0.2) is 0 Å². The van der Waals surface area contributed by atoms with Gasteiger partial charge in [0.05, 0.1) is 17.1 Å². The molecule has 5 nitrogen and oxygen atoms in total. The second-order valence-electron chi connectivity index (χ2n) is 4.01. The second kappa shape index (κ2) is 7.23. The van der Waals surface area contributed by atoms with E-state index in [-0.39, 0.29) is 18.4 Å². The summed E-state index contributed by atoms with van der Waals surface area (Å²) in [6.07, 6.45) is 0.635. The Balaban J connectivity index is 2.87. The van der Waals surface area contributed by atoms with Crippen LogP contribution in [-0.2, 0) is 0 Å². The Morgan fingerprint density at radius 2 is 2.17 bits per heavy atom. The van der Waals surface area contributed by atoms with Crippen molar-refractivity contribution in [2.45, 2.75) is 31.3 Å². The Morgan fingerprint density at radius 1 is 1.44 bits per heavy atom. The minimum atomic E-state index is -0.427. The molecule has 1 N–H and O–H groups in total. The van der Waals surface area contributed by atoms with Crippen LogP contribution in [0.4, 0.5) is 5.69 Å². The van der Waals surface area contributed by atoms with E-state index in [9.17, 15) is 10.1 Å². The molecule has 0 saturated heterocycles. The summed E-state index contributed by atoms with van der Waals surface area (Å²) < 4.78 is 5.48. The summed E-state index contributed by atoms with van der Waals surface area (Å²) in [5.74, 6) is 1.23. The third-order valence-electron chi connectivity index (χ3n) is 2.02. The van der Waals surface area contributed by atoms with Gasteiger partial charge in [-0.3, -0.25) is 10.1 Å². The number of hydrogen-bond donors (Lipinski definition) is 1. The first-order valence-corrected chi connectivity index (χ1v) is 6.71. The van der Waals surface area contributed by atoms with E-state index in [4.69, 9.17) is 9.84 Å². The zero-order valence-electron chi connectivity index (χ0n) is 10.5. The van der Waals surface area contributed by atoms with Gasteiger partial charge in [0.25, 0.3) is 5.69 Å². The van der Waals surface area contributed by atoms with Gasteiger partial charge >= 0.3 is 0 Å². The Bertz CT molecular complexity index is 409. The molecule has 0 fully saturated rings. The van der Waals surface area contributed by atoms with E-state index in [1.807, 2.05) is 13.8 Å². The predicted molar refractivity (Wildman–Crippen MR) is 71.3 cm³/mol. The highest BCUT2D eigenvalue weighted by Gasteiger charge is 2.11. The van der Waals surface area contributed by atoms with Gasteiger partial charge in [0.15, 0.2) is 0 Å². The summed E-state index contributed by atoms with van der Waals surface area (Å²) in [4.78, 5) is 11.2. The van der Waals surface area contributed by atoms with Crippen LogP contribution in [0.15, 0.2) is 23.1 Å². The molecule has 0 unspecified atom stereocenters. The minimum Gasteiger partial charge on any atom is -0.491 e. The summed E-state index contributed by atoms with van der Waals surface area (Å²) in [5, 5.41) is 19.5. The molecule has 0 aliphatic carbocycles. The summed E-state index contributed by atoms with van der Waals surface area (Å²) in [7, 11) is 0. The first-order chi connectivity index (χ1) is 8.52. The molecule has 6 heteroatoms. The monoisotopic (exact) mass is 271 g/mol. The maximum Gasteiger partial charge on any atom is 0.274 e. The molecule has 100 valence electrons. The van der Waals surface area contributed by atoms with Crippen molar-refractivity contribution in [1.82, 2.24) is 0 Å². The summed E-state index contributed by atoms with van der Waals surface area (Å²) in [6, 6.07) is 4.74. The van der Waals surface area contributed by atoms with Crippen LogP contribution in [0.3, 0.4) is 0 Å². The molecule has 0 heterocycles. The van der Waals surface area contributed by atoms with Gasteiger partial charge in [0.1, 0.15) is 5.75 Å². The number of aliphatic hydroxyl groups is 1. The second-order valence-corrected chi connectivity index (χ2v) is 5.18. The molecule has 1 aromatic rings. The number of nitrogens with zero attached hydrogens (tertiary/aromatic N) is 1. The molecule has 0 atom stereocenters. The lowest BCUT2D eigenvalue weighted by Gasteiger charge is -2.10. The lowest BCUT2D eigenvalue weighted by atomic mass is 10.3. The van der Waals surface area contributed by atoms with Crippen LogP contribution in [0, 0.1) is 10.1 Å². The number of non-ortho nitro benzene ring substituents is 1. The molecule has 0 amide bonds. The van der Waals surface area contributed by atoms with Crippen molar-refractivity contribution >= 4 is 17.4 Å². The lowest BCUT2D eigenvalue weighted by molar-refractivity contribution is -0.385. The number of ether oxygens (including phenoxy) is 1. The van der Waals surface area contributed by atoms with E-state index < -0.39 is 4.92 Å². The quantitative estimate of drug-likeness (QED) is 0.357. The summed E-state index contributed by atoms with van der Waals surface area (Å²) >= 11 is 1.47. The van der Waals surface area contributed by atoms with E-state index in [1.54, 1.807) is 6.07 Å². The molecule has 0 aliphatic rings. The van der Waals surface area contributed by atoms with Gasteiger partial charge in [-0.05, 0) is 26.3 Å². The van der Waals surface area contributed by atoms with Crippen molar-refractivity contribution in [3.63, 3.8) is 0 Å². The number of aliphatic hydroxyl groups excluding tert-OH is 1. The smallest absolute Gasteiger partial charge is 0.274 e. The fraction of sp³-hybridized carbons (Fsp3) is 0.500. The number of rotatable bonds is 7. The van der Waals surface area contributed by atoms with Crippen molar-refractivity contribution in [2.75, 3.05) is 12.4 Å². The van der Waals surface area contributed by atoms with Crippen LogP contribution >= 0.6 is 11.8 Å². The third kappa shape index (κ3) is 4.93. The molecule has 18 heavy (non-hydrogen) atoms. The number of benzene rings is 1. The van der Waals surface area contributed by atoms with Crippen LogP contribution in [0.25, 0.3) is 0 Å². The normalized spacial score (nSPS) is 10.7. The molecule has 0 spiro atoms. The third-order valence-corrected chi connectivity index (χ3v) is 3.08. The van der Waals surface area contributed by atoms with Gasteiger partial charge < -0.3 is 9.84 Å². The fourth-order valence-electron chi connectivity index (χ4n) is 1.34. The Kier molecular flexibility index (Phi) is 5.94. The van der Waals surface area contributed by atoms with Crippen molar-refractivity contribution in [1.29, 1.82) is 0 Å². The molecule has 0 aromatic heterocycles. The molecular formula is C12H17NO4S. The Labute approximate surface area is 110 Å². The highest BCUT2D eigenvalue weighted by molar-refractivity contribution is 7.99. The van der Waals surface area contributed by atoms with Gasteiger partial charge in [0, 0.05) is 23.3 Å². The largest absolute Gasteiger partial charge is 0.491 e. The zero-order chi connectivity index (χ0) is 13.5. The van der Waals surface area contributed by atoms with Crippen LogP contribution in [0.1, 0.15) is 20.3 Å². The van der Waals surface area contributed by atoms with Crippen molar-refractivity contribution in [3.8, 4) is 5.75 Å². The molecule has 0 aliphatic heterocycles. The van der Waals surface area contributed by atoms with Crippen LogP contribution in [-0.4, -0.2) is 28.5 Å². The zero-order valence-corrected chi connectivity index (χ0v) is 11.3. The van der Waals surface area contributed by atoms with Gasteiger partial charge in [0.2, 0.25) is 0 Å². The fourth-order valence-corrected chi connectivity index (χ4v) is 2.25. The number of hydrogen-bond acceptors (Lipinski definition) is 5.